The summed E-state index contributed by atoms with van der Waals surface area (Å²) in [6, 6.07) is 8.62. The molecule has 0 saturated heterocycles. The van der Waals surface area contributed by atoms with Crippen molar-refractivity contribution in [2.75, 3.05) is 5.32 Å². The second-order valence-electron chi connectivity index (χ2n) is 4.47. The lowest BCUT2D eigenvalue weighted by Crippen LogP contribution is -2.17. The van der Waals surface area contributed by atoms with Gasteiger partial charge in [-0.15, -0.1) is 13.2 Å². The molecule has 0 saturated carbocycles. The fourth-order valence-electron chi connectivity index (χ4n) is 1.78. The molecule has 0 heterocycles. The van der Waals surface area contributed by atoms with Gasteiger partial charge in [0, 0.05) is 5.56 Å². The van der Waals surface area contributed by atoms with E-state index in [0.717, 1.165) is 24.3 Å². The van der Waals surface area contributed by atoms with E-state index in [0.29, 0.717) is 0 Å². The maximum absolute atomic E-state index is 12.1. The lowest BCUT2D eigenvalue weighted by molar-refractivity contribution is -0.274. The molecular formula is C15H8Cl2F3NO3. The van der Waals surface area contributed by atoms with Crippen molar-refractivity contribution in [3.05, 3.63) is 58.6 Å². The van der Waals surface area contributed by atoms with Gasteiger partial charge in [0.2, 0.25) is 0 Å². The molecule has 1 N–H and O–H groups in total. The molecular weight excluding hydrogens is 370 g/mol. The van der Waals surface area contributed by atoms with Crippen LogP contribution in [0.3, 0.4) is 0 Å². The van der Waals surface area contributed by atoms with Crippen LogP contribution in [0.25, 0.3) is 0 Å². The average Bonchev–Trinajstić information content (AvgIpc) is 2.48. The minimum absolute atomic E-state index is 0.0186. The van der Waals surface area contributed by atoms with Crippen LogP contribution in [0.15, 0.2) is 42.5 Å². The first kappa shape index (κ1) is 18.1. The summed E-state index contributed by atoms with van der Waals surface area (Å²) < 4.78 is 40.0. The highest BCUT2D eigenvalue weighted by molar-refractivity contribution is 6.69. The molecule has 0 spiro atoms. The van der Waals surface area contributed by atoms with E-state index < -0.39 is 23.3 Å². The van der Waals surface area contributed by atoms with Crippen LogP contribution in [0.1, 0.15) is 20.7 Å². The molecule has 9 heteroatoms. The van der Waals surface area contributed by atoms with Crippen LogP contribution in [0, 0.1) is 0 Å². The molecule has 2 aromatic rings. The van der Waals surface area contributed by atoms with Gasteiger partial charge in [-0.25, -0.2) is 0 Å². The zero-order valence-corrected chi connectivity index (χ0v) is 13.2. The van der Waals surface area contributed by atoms with E-state index in [2.05, 4.69) is 10.1 Å². The minimum Gasteiger partial charge on any atom is -0.406 e. The Morgan fingerprint density at radius 2 is 1.67 bits per heavy atom. The van der Waals surface area contributed by atoms with E-state index in [1.807, 2.05) is 0 Å². The summed E-state index contributed by atoms with van der Waals surface area (Å²) in [6.45, 7) is 0. The van der Waals surface area contributed by atoms with E-state index in [1.165, 1.54) is 18.2 Å². The summed E-state index contributed by atoms with van der Waals surface area (Å²) in [5.74, 6) is -1.08. The highest BCUT2D eigenvalue weighted by Gasteiger charge is 2.31. The standard InChI is InChI=1S/C15H8Cl2F3NO3/c16-12-10(13(17)22)2-1-3-11(12)21-14(23)8-4-6-9(7-5-8)24-15(18,19)20/h1-7H,(H,21,23). The molecule has 24 heavy (non-hydrogen) atoms. The highest BCUT2D eigenvalue weighted by Crippen LogP contribution is 2.28. The van der Waals surface area contributed by atoms with Crippen LogP contribution in [0.4, 0.5) is 18.9 Å². The zero-order valence-electron chi connectivity index (χ0n) is 11.7. The Balaban J connectivity index is 2.16. The van der Waals surface area contributed by atoms with Crippen molar-refractivity contribution >= 4 is 40.0 Å². The number of hydrogen-bond donors (Lipinski definition) is 1. The minimum atomic E-state index is -4.81. The Hall–Kier alpha value is -2.25. The molecule has 0 radical (unpaired) electrons. The number of nitrogens with one attached hydrogen (secondary N) is 1. The number of amides is 1. The number of carbonyl (C=O) groups is 2. The van der Waals surface area contributed by atoms with E-state index in [4.69, 9.17) is 23.2 Å². The number of benzene rings is 2. The van der Waals surface area contributed by atoms with Crippen molar-refractivity contribution in [2.24, 2.45) is 0 Å². The van der Waals surface area contributed by atoms with Crippen molar-refractivity contribution in [1.82, 2.24) is 0 Å². The zero-order chi connectivity index (χ0) is 17.9. The highest BCUT2D eigenvalue weighted by atomic mass is 35.5. The molecule has 0 bridgehead atoms. The first-order valence-corrected chi connectivity index (χ1v) is 7.08. The Labute approximate surface area is 144 Å². The van der Waals surface area contributed by atoms with E-state index in [1.54, 1.807) is 0 Å². The summed E-state index contributed by atoms with van der Waals surface area (Å²) >= 11 is 11.3. The van der Waals surface area contributed by atoms with Gasteiger partial charge in [-0.05, 0) is 48.0 Å². The van der Waals surface area contributed by atoms with E-state index in [-0.39, 0.29) is 21.8 Å². The third-order valence-electron chi connectivity index (χ3n) is 2.81. The van der Waals surface area contributed by atoms with Crippen LogP contribution in [-0.4, -0.2) is 17.5 Å². The second-order valence-corrected chi connectivity index (χ2v) is 5.19. The lowest BCUT2D eigenvalue weighted by Gasteiger charge is -2.11. The maximum Gasteiger partial charge on any atom is 0.573 e. The van der Waals surface area contributed by atoms with Gasteiger partial charge in [-0.1, -0.05) is 17.7 Å². The van der Waals surface area contributed by atoms with E-state index in [9.17, 15) is 22.8 Å². The van der Waals surface area contributed by atoms with Gasteiger partial charge >= 0.3 is 6.36 Å². The number of alkyl halides is 3. The molecule has 2 aromatic carbocycles. The SMILES string of the molecule is O=C(Nc1cccc(C(=O)Cl)c1Cl)c1ccc(OC(F)(F)F)cc1. The van der Waals surface area contributed by atoms with Crippen molar-refractivity contribution < 1.29 is 27.5 Å². The van der Waals surface area contributed by atoms with Crippen LogP contribution in [0.5, 0.6) is 5.75 Å². The summed E-state index contributed by atoms with van der Waals surface area (Å²) in [5, 5.41) is 1.62. The monoisotopic (exact) mass is 377 g/mol. The molecule has 0 unspecified atom stereocenters. The van der Waals surface area contributed by atoms with Crippen molar-refractivity contribution in [1.29, 1.82) is 0 Å². The number of carbonyl (C=O) groups excluding carboxylic acids is 2. The number of halogens is 5. The Bertz CT molecular complexity index is 777. The quantitative estimate of drug-likeness (QED) is 0.773. The molecule has 0 aromatic heterocycles. The van der Waals surface area contributed by atoms with Gasteiger partial charge in [-0.3, -0.25) is 9.59 Å². The Morgan fingerprint density at radius 1 is 1.04 bits per heavy atom. The number of ether oxygens (including phenoxy) is 1. The summed E-state index contributed by atoms with van der Waals surface area (Å²) in [7, 11) is 0. The van der Waals surface area contributed by atoms with Gasteiger partial charge in [0.05, 0.1) is 16.3 Å². The summed E-state index contributed by atoms with van der Waals surface area (Å²) in [4.78, 5) is 23.3. The Morgan fingerprint density at radius 3 is 2.21 bits per heavy atom. The second kappa shape index (κ2) is 7.11. The van der Waals surface area contributed by atoms with E-state index >= 15 is 0 Å². The topological polar surface area (TPSA) is 55.4 Å². The number of hydrogen-bond acceptors (Lipinski definition) is 3. The van der Waals surface area contributed by atoms with Crippen LogP contribution in [0.2, 0.25) is 5.02 Å². The molecule has 0 atom stereocenters. The summed E-state index contributed by atoms with van der Waals surface area (Å²) in [6.07, 6.45) is -4.81. The number of anilines is 1. The van der Waals surface area contributed by atoms with Crippen LogP contribution < -0.4 is 10.1 Å². The maximum atomic E-state index is 12.1. The van der Waals surface area contributed by atoms with Crippen LogP contribution >= 0.6 is 23.2 Å². The largest absolute Gasteiger partial charge is 0.573 e. The molecule has 0 aliphatic carbocycles. The third kappa shape index (κ3) is 4.62. The smallest absolute Gasteiger partial charge is 0.406 e. The van der Waals surface area contributed by atoms with Crippen molar-refractivity contribution in [3.8, 4) is 5.75 Å². The predicted octanol–water partition coefficient (Wildman–Crippen LogP) is 4.87. The predicted molar refractivity (Wildman–Crippen MR) is 82.7 cm³/mol. The molecule has 4 nitrogen and oxygen atoms in total. The van der Waals surface area contributed by atoms with Gasteiger partial charge in [0.25, 0.3) is 11.1 Å². The molecule has 0 aliphatic heterocycles. The summed E-state index contributed by atoms with van der Waals surface area (Å²) in [5.41, 5.74) is 0.233. The van der Waals surface area contributed by atoms with Gasteiger partial charge in [0.15, 0.2) is 0 Å². The number of rotatable bonds is 4. The first-order chi connectivity index (χ1) is 11.2. The first-order valence-electron chi connectivity index (χ1n) is 6.33. The Kier molecular flexibility index (Phi) is 5.36. The molecule has 1 amide bonds. The normalized spacial score (nSPS) is 11.0. The molecule has 2 rings (SSSR count). The van der Waals surface area contributed by atoms with Gasteiger partial charge in [-0.2, -0.15) is 0 Å². The fraction of sp³-hybridized carbons (Fsp3) is 0.0667. The molecule has 126 valence electrons. The van der Waals surface area contributed by atoms with Crippen molar-refractivity contribution in [3.63, 3.8) is 0 Å². The lowest BCUT2D eigenvalue weighted by atomic mass is 10.1. The van der Waals surface area contributed by atoms with Crippen molar-refractivity contribution in [2.45, 2.75) is 6.36 Å². The molecule has 0 fully saturated rings. The fourth-order valence-corrected chi connectivity index (χ4v) is 2.25. The van der Waals surface area contributed by atoms with Gasteiger partial charge in [0.1, 0.15) is 5.75 Å². The van der Waals surface area contributed by atoms with Gasteiger partial charge < -0.3 is 10.1 Å². The van der Waals surface area contributed by atoms with Crippen LogP contribution in [-0.2, 0) is 0 Å². The third-order valence-corrected chi connectivity index (χ3v) is 3.42. The molecule has 0 aliphatic rings. The average molecular weight is 378 g/mol.